The summed E-state index contributed by atoms with van der Waals surface area (Å²) >= 11 is 0. The van der Waals surface area contributed by atoms with Gasteiger partial charge in [0, 0.05) is 19.2 Å². The van der Waals surface area contributed by atoms with Gasteiger partial charge in [-0.1, -0.05) is 0 Å². The minimum absolute atomic E-state index is 0.193. The quantitative estimate of drug-likeness (QED) is 0.890. The highest BCUT2D eigenvalue weighted by Crippen LogP contribution is 2.30. The number of halogens is 1. The molecule has 1 unspecified atom stereocenters. The highest BCUT2D eigenvalue weighted by atomic mass is 19.1. The largest absolute Gasteiger partial charge is 0.396 e. The molecule has 96 valence electrons. The second-order valence-electron chi connectivity index (χ2n) is 4.63. The Morgan fingerprint density at radius 1 is 1.50 bits per heavy atom. The molecule has 4 heteroatoms. The molecule has 0 amide bonds. The highest BCUT2D eigenvalue weighted by Gasteiger charge is 2.26. The van der Waals surface area contributed by atoms with Crippen LogP contribution < -0.4 is 4.90 Å². The molecule has 1 atom stereocenters. The van der Waals surface area contributed by atoms with Crippen LogP contribution in [0.25, 0.3) is 0 Å². The third kappa shape index (κ3) is 2.62. The summed E-state index contributed by atoms with van der Waals surface area (Å²) in [6.07, 6.45) is 3.84. The average Bonchev–Trinajstić information content (AvgIpc) is 2.84. The minimum atomic E-state index is -0.374. The standard InChI is InChI=1S/C14H17FN2O/c15-12-5-6-14(11(9-12)10-16)17-7-1-3-13(17)4-2-8-18/h5-6,9,13,18H,1-4,7-8H2. The molecule has 0 aromatic heterocycles. The van der Waals surface area contributed by atoms with Crippen LogP contribution in [0.15, 0.2) is 18.2 Å². The summed E-state index contributed by atoms with van der Waals surface area (Å²) in [5, 5.41) is 18.0. The molecule has 1 aliphatic rings. The van der Waals surface area contributed by atoms with Crippen molar-refractivity contribution in [3.8, 4) is 6.07 Å². The van der Waals surface area contributed by atoms with Gasteiger partial charge in [-0.15, -0.1) is 0 Å². The van der Waals surface area contributed by atoms with Crippen molar-refractivity contribution in [3.63, 3.8) is 0 Å². The molecule has 1 aromatic rings. The third-order valence-electron chi connectivity index (χ3n) is 3.46. The summed E-state index contributed by atoms with van der Waals surface area (Å²) in [6, 6.07) is 6.79. The van der Waals surface area contributed by atoms with Crippen LogP contribution in [0.1, 0.15) is 31.2 Å². The van der Waals surface area contributed by atoms with Crippen molar-refractivity contribution in [3.05, 3.63) is 29.6 Å². The van der Waals surface area contributed by atoms with Crippen molar-refractivity contribution < 1.29 is 9.50 Å². The third-order valence-corrected chi connectivity index (χ3v) is 3.46. The topological polar surface area (TPSA) is 47.3 Å². The molecule has 0 spiro atoms. The van der Waals surface area contributed by atoms with Gasteiger partial charge in [0.1, 0.15) is 11.9 Å². The van der Waals surface area contributed by atoms with Gasteiger partial charge in [0.15, 0.2) is 0 Å². The fraction of sp³-hybridized carbons (Fsp3) is 0.500. The van der Waals surface area contributed by atoms with Gasteiger partial charge in [0.25, 0.3) is 0 Å². The van der Waals surface area contributed by atoms with E-state index in [0.717, 1.165) is 37.9 Å². The van der Waals surface area contributed by atoms with E-state index in [4.69, 9.17) is 10.4 Å². The van der Waals surface area contributed by atoms with Crippen molar-refractivity contribution in [1.29, 1.82) is 5.26 Å². The molecule has 0 radical (unpaired) electrons. The van der Waals surface area contributed by atoms with Crippen LogP contribution in [-0.4, -0.2) is 24.3 Å². The Bertz CT molecular complexity index is 456. The van der Waals surface area contributed by atoms with Gasteiger partial charge in [-0.2, -0.15) is 5.26 Å². The van der Waals surface area contributed by atoms with E-state index in [1.165, 1.54) is 12.1 Å². The number of hydrogen-bond donors (Lipinski definition) is 1. The maximum atomic E-state index is 13.1. The molecule has 1 saturated heterocycles. The maximum absolute atomic E-state index is 13.1. The Labute approximate surface area is 106 Å². The Balaban J connectivity index is 2.22. The first-order valence-corrected chi connectivity index (χ1v) is 6.33. The number of aliphatic hydroxyl groups excluding tert-OH is 1. The van der Waals surface area contributed by atoms with Crippen molar-refractivity contribution in [1.82, 2.24) is 0 Å². The smallest absolute Gasteiger partial charge is 0.124 e. The number of benzene rings is 1. The lowest BCUT2D eigenvalue weighted by atomic mass is 10.1. The Morgan fingerprint density at radius 2 is 2.33 bits per heavy atom. The van der Waals surface area contributed by atoms with Gasteiger partial charge in [0.2, 0.25) is 0 Å². The first-order valence-electron chi connectivity index (χ1n) is 6.33. The SMILES string of the molecule is N#Cc1cc(F)ccc1N1CCCC1CCCO. The zero-order valence-corrected chi connectivity index (χ0v) is 10.3. The summed E-state index contributed by atoms with van der Waals surface area (Å²) in [7, 11) is 0. The predicted molar refractivity (Wildman–Crippen MR) is 67.8 cm³/mol. The van der Waals surface area contributed by atoms with Gasteiger partial charge >= 0.3 is 0 Å². The molecule has 18 heavy (non-hydrogen) atoms. The molecule has 0 aliphatic carbocycles. The molecule has 3 nitrogen and oxygen atoms in total. The molecule has 1 N–H and O–H groups in total. The van der Waals surface area contributed by atoms with Gasteiger partial charge in [-0.25, -0.2) is 4.39 Å². The van der Waals surface area contributed by atoms with E-state index in [1.54, 1.807) is 6.07 Å². The van der Waals surface area contributed by atoms with E-state index < -0.39 is 0 Å². The molecule has 1 heterocycles. The van der Waals surface area contributed by atoms with E-state index in [-0.39, 0.29) is 12.4 Å². The molecular weight excluding hydrogens is 231 g/mol. The van der Waals surface area contributed by atoms with Crippen molar-refractivity contribution in [2.75, 3.05) is 18.1 Å². The van der Waals surface area contributed by atoms with Gasteiger partial charge < -0.3 is 10.0 Å². The second kappa shape index (κ2) is 5.83. The lowest BCUT2D eigenvalue weighted by Crippen LogP contribution is -2.30. The van der Waals surface area contributed by atoms with Crippen LogP contribution in [0.2, 0.25) is 0 Å². The monoisotopic (exact) mass is 248 g/mol. The summed E-state index contributed by atoms with van der Waals surface area (Å²) in [4.78, 5) is 2.17. The van der Waals surface area contributed by atoms with E-state index >= 15 is 0 Å². The summed E-state index contributed by atoms with van der Waals surface area (Å²) in [6.45, 7) is 1.09. The van der Waals surface area contributed by atoms with Gasteiger partial charge in [0.05, 0.1) is 11.3 Å². The fourth-order valence-electron chi connectivity index (χ4n) is 2.63. The molecule has 2 rings (SSSR count). The Hall–Kier alpha value is -1.60. The lowest BCUT2D eigenvalue weighted by molar-refractivity contribution is 0.279. The van der Waals surface area contributed by atoms with E-state index in [2.05, 4.69) is 11.0 Å². The predicted octanol–water partition coefficient (Wildman–Crippen LogP) is 2.44. The van der Waals surface area contributed by atoms with Crippen molar-refractivity contribution in [2.24, 2.45) is 0 Å². The van der Waals surface area contributed by atoms with Gasteiger partial charge in [-0.05, 0) is 43.9 Å². The van der Waals surface area contributed by atoms with Crippen LogP contribution in [-0.2, 0) is 0 Å². The van der Waals surface area contributed by atoms with E-state index in [0.29, 0.717) is 11.6 Å². The molecular formula is C14H17FN2O. The van der Waals surface area contributed by atoms with Crippen LogP contribution in [0, 0.1) is 17.1 Å². The Kier molecular flexibility index (Phi) is 4.16. The summed E-state index contributed by atoms with van der Waals surface area (Å²) in [5.74, 6) is -0.374. The first-order chi connectivity index (χ1) is 8.76. The number of anilines is 1. The van der Waals surface area contributed by atoms with E-state index in [1.807, 2.05) is 0 Å². The summed E-state index contributed by atoms with van der Waals surface area (Å²) in [5.41, 5.74) is 1.21. The van der Waals surface area contributed by atoms with Crippen molar-refractivity contribution >= 4 is 5.69 Å². The molecule has 0 bridgehead atoms. The van der Waals surface area contributed by atoms with Crippen LogP contribution in [0.4, 0.5) is 10.1 Å². The molecule has 1 aliphatic heterocycles. The zero-order chi connectivity index (χ0) is 13.0. The fourth-order valence-corrected chi connectivity index (χ4v) is 2.63. The lowest BCUT2D eigenvalue weighted by Gasteiger charge is -2.27. The number of aliphatic hydroxyl groups is 1. The molecule has 1 fully saturated rings. The maximum Gasteiger partial charge on any atom is 0.124 e. The van der Waals surface area contributed by atoms with Gasteiger partial charge in [-0.3, -0.25) is 0 Å². The number of nitriles is 1. The van der Waals surface area contributed by atoms with Crippen LogP contribution in [0.3, 0.4) is 0 Å². The summed E-state index contributed by atoms with van der Waals surface area (Å²) < 4.78 is 13.1. The molecule has 0 saturated carbocycles. The van der Waals surface area contributed by atoms with E-state index in [9.17, 15) is 4.39 Å². The van der Waals surface area contributed by atoms with Crippen LogP contribution >= 0.6 is 0 Å². The average molecular weight is 248 g/mol. The first kappa shape index (κ1) is 12.8. The zero-order valence-electron chi connectivity index (χ0n) is 10.3. The number of hydrogen-bond acceptors (Lipinski definition) is 3. The minimum Gasteiger partial charge on any atom is -0.396 e. The highest BCUT2D eigenvalue weighted by molar-refractivity contribution is 5.60. The van der Waals surface area contributed by atoms with Crippen LogP contribution in [0.5, 0.6) is 0 Å². The Morgan fingerprint density at radius 3 is 3.06 bits per heavy atom. The molecule has 1 aromatic carbocycles. The number of rotatable bonds is 4. The number of nitrogens with zero attached hydrogens (tertiary/aromatic N) is 2. The van der Waals surface area contributed by atoms with Crippen molar-refractivity contribution in [2.45, 2.75) is 31.7 Å². The second-order valence-corrected chi connectivity index (χ2v) is 4.63. The normalized spacial score (nSPS) is 18.9.